The molecule has 3 N–H and O–H groups in total. The molecule has 1 amide bonds. The van der Waals surface area contributed by atoms with Crippen LogP contribution in [0.1, 0.15) is 60.1 Å². The lowest BCUT2D eigenvalue weighted by atomic mass is 9.81. The minimum atomic E-state index is -4.53. The summed E-state index contributed by atoms with van der Waals surface area (Å²) < 4.78 is 40.9. The molecular formula is C26H35F3N6O. The molecule has 7 nitrogen and oxygen atoms in total. The zero-order valence-electron chi connectivity index (χ0n) is 20.9. The third-order valence-electron chi connectivity index (χ3n) is 7.54. The largest absolute Gasteiger partial charge is 0.419 e. The summed E-state index contributed by atoms with van der Waals surface area (Å²) in [6.07, 6.45) is 1.95. The molecule has 0 spiro atoms. The van der Waals surface area contributed by atoms with Gasteiger partial charge in [-0.1, -0.05) is 12.8 Å². The van der Waals surface area contributed by atoms with Gasteiger partial charge >= 0.3 is 6.18 Å². The highest BCUT2D eigenvalue weighted by Crippen LogP contribution is 2.34. The van der Waals surface area contributed by atoms with Gasteiger partial charge in [0, 0.05) is 36.6 Å². The monoisotopic (exact) mass is 504 g/mol. The van der Waals surface area contributed by atoms with Crippen LogP contribution in [0.2, 0.25) is 0 Å². The van der Waals surface area contributed by atoms with Gasteiger partial charge in [-0.25, -0.2) is 9.97 Å². The molecule has 2 fully saturated rings. The first kappa shape index (κ1) is 26.3. The predicted octanol–water partition coefficient (Wildman–Crippen LogP) is 4.47. The van der Waals surface area contributed by atoms with Crippen molar-refractivity contribution in [3.05, 3.63) is 47.3 Å². The maximum Gasteiger partial charge on any atom is 0.419 e. The van der Waals surface area contributed by atoms with Crippen molar-refractivity contribution >= 4 is 17.5 Å². The number of rotatable bonds is 6. The Morgan fingerprint density at radius 1 is 1.14 bits per heavy atom. The second kappa shape index (κ2) is 11.1. The summed E-state index contributed by atoms with van der Waals surface area (Å²) in [6.45, 7) is 1.93. The number of alkyl halides is 3. The van der Waals surface area contributed by atoms with E-state index in [4.69, 9.17) is 5.73 Å². The molecule has 1 aliphatic heterocycles. The first-order chi connectivity index (χ1) is 17.1. The number of likely N-dealkylation sites (tertiary alicyclic amines) is 1. The minimum Gasteiger partial charge on any atom is -0.339 e. The van der Waals surface area contributed by atoms with Gasteiger partial charge in [0.15, 0.2) is 0 Å². The van der Waals surface area contributed by atoms with E-state index in [9.17, 15) is 18.0 Å². The summed E-state index contributed by atoms with van der Waals surface area (Å²) in [6, 6.07) is 6.94. The molecule has 2 heterocycles. The zero-order valence-corrected chi connectivity index (χ0v) is 20.9. The lowest BCUT2D eigenvalue weighted by Crippen LogP contribution is -2.44. The summed E-state index contributed by atoms with van der Waals surface area (Å²) in [5, 5.41) is 2.98. The van der Waals surface area contributed by atoms with Gasteiger partial charge in [-0.3, -0.25) is 4.79 Å². The fourth-order valence-electron chi connectivity index (χ4n) is 5.18. The number of amides is 1. The molecule has 1 saturated heterocycles. The highest BCUT2D eigenvalue weighted by atomic mass is 19.4. The SMILES string of the molecule is CN1CCC(N(C)C(=O)c2ccc(Nc3ncc(C(F)(F)F)c(C[C@@H]4CCCC[C@@H]4N)n3)cc2)CC1. The van der Waals surface area contributed by atoms with Crippen molar-refractivity contribution in [2.75, 3.05) is 32.5 Å². The van der Waals surface area contributed by atoms with Crippen LogP contribution in [-0.4, -0.2) is 64.9 Å². The Hall–Kier alpha value is -2.72. The highest BCUT2D eigenvalue weighted by Gasteiger charge is 2.36. The molecule has 1 saturated carbocycles. The van der Waals surface area contributed by atoms with Crippen molar-refractivity contribution in [3.63, 3.8) is 0 Å². The number of nitrogens with two attached hydrogens (primary N) is 1. The van der Waals surface area contributed by atoms with E-state index < -0.39 is 11.7 Å². The number of halogens is 3. The second-order valence-corrected chi connectivity index (χ2v) is 10.1. The van der Waals surface area contributed by atoms with E-state index in [-0.39, 0.29) is 42.0 Å². The first-order valence-corrected chi connectivity index (χ1v) is 12.6. The number of nitrogens with one attached hydrogen (secondary N) is 1. The summed E-state index contributed by atoms with van der Waals surface area (Å²) in [4.78, 5) is 25.1. The number of hydrogen-bond donors (Lipinski definition) is 2. The molecular weight excluding hydrogens is 469 g/mol. The van der Waals surface area contributed by atoms with Crippen molar-refractivity contribution in [1.82, 2.24) is 19.8 Å². The molecule has 2 aromatic rings. The molecule has 4 rings (SSSR count). The number of carbonyl (C=O) groups is 1. The average molecular weight is 505 g/mol. The Morgan fingerprint density at radius 3 is 2.44 bits per heavy atom. The molecule has 196 valence electrons. The quantitative estimate of drug-likeness (QED) is 0.604. The van der Waals surface area contributed by atoms with Crippen molar-refractivity contribution in [3.8, 4) is 0 Å². The van der Waals surface area contributed by atoms with Crippen LogP contribution in [-0.2, 0) is 12.6 Å². The predicted molar refractivity (Wildman–Crippen MR) is 133 cm³/mol. The molecule has 0 radical (unpaired) electrons. The number of carbonyl (C=O) groups excluding carboxylic acids is 1. The Kier molecular flexibility index (Phi) is 8.14. The standard InChI is InChI=1S/C26H35F3N6O/c1-34-13-11-20(12-14-34)35(2)24(36)17-7-9-19(10-8-17)32-25-31-16-21(26(27,28)29)23(33-25)15-18-5-3-4-6-22(18)30/h7-10,16,18,20,22H,3-6,11-15,30H2,1-2H3,(H,31,32,33)/t18-,22-/m0/s1. The van der Waals surface area contributed by atoms with E-state index in [1.54, 1.807) is 29.2 Å². The van der Waals surface area contributed by atoms with Gasteiger partial charge in [0.25, 0.3) is 5.91 Å². The smallest absolute Gasteiger partial charge is 0.339 e. The minimum absolute atomic E-state index is 0.0329. The van der Waals surface area contributed by atoms with Crippen molar-refractivity contribution in [2.24, 2.45) is 11.7 Å². The van der Waals surface area contributed by atoms with Crippen LogP contribution in [0.5, 0.6) is 0 Å². The maximum atomic E-state index is 13.6. The van der Waals surface area contributed by atoms with Gasteiger partial charge in [0.1, 0.15) is 0 Å². The van der Waals surface area contributed by atoms with Crippen molar-refractivity contribution in [2.45, 2.75) is 63.2 Å². The van der Waals surface area contributed by atoms with Crippen molar-refractivity contribution in [1.29, 1.82) is 0 Å². The lowest BCUT2D eigenvalue weighted by molar-refractivity contribution is -0.138. The molecule has 2 aliphatic rings. The number of anilines is 2. The normalized spacial score (nSPS) is 21.8. The van der Waals surface area contributed by atoms with Gasteiger partial charge < -0.3 is 20.9 Å². The van der Waals surface area contributed by atoms with Crippen LogP contribution in [0.3, 0.4) is 0 Å². The van der Waals surface area contributed by atoms with Gasteiger partial charge in [0.05, 0.1) is 11.3 Å². The molecule has 10 heteroatoms. The Bertz CT molecular complexity index is 1040. The molecule has 1 aromatic carbocycles. The second-order valence-electron chi connectivity index (χ2n) is 10.1. The molecule has 36 heavy (non-hydrogen) atoms. The van der Waals surface area contributed by atoms with Crippen molar-refractivity contribution < 1.29 is 18.0 Å². The van der Waals surface area contributed by atoms with Crippen LogP contribution in [0.25, 0.3) is 0 Å². The lowest BCUT2D eigenvalue weighted by Gasteiger charge is -2.35. The van der Waals surface area contributed by atoms with Gasteiger partial charge in [0.2, 0.25) is 5.95 Å². The number of piperidine rings is 1. The molecule has 2 atom stereocenters. The summed E-state index contributed by atoms with van der Waals surface area (Å²) in [5.74, 6) is 0.00680. The molecule has 0 unspecified atom stereocenters. The Balaban J connectivity index is 1.46. The van der Waals surface area contributed by atoms with E-state index in [0.29, 0.717) is 11.3 Å². The van der Waals surface area contributed by atoms with E-state index in [2.05, 4.69) is 27.2 Å². The van der Waals surface area contributed by atoms with E-state index >= 15 is 0 Å². The first-order valence-electron chi connectivity index (χ1n) is 12.6. The van der Waals surface area contributed by atoms with E-state index in [0.717, 1.165) is 57.8 Å². The number of hydrogen-bond acceptors (Lipinski definition) is 6. The van der Waals surface area contributed by atoms with Gasteiger partial charge in [-0.05, 0) is 82.4 Å². The Labute approximate surface area is 210 Å². The zero-order chi connectivity index (χ0) is 25.9. The average Bonchev–Trinajstić information content (AvgIpc) is 2.85. The van der Waals surface area contributed by atoms with Crippen LogP contribution in [0.15, 0.2) is 30.5 Å². The fourth-order valence-corrected chi connectivity index (χ4v) is 5.18. The third-order valence-corrected chi connectivity index (χ3v) is 7.54. The van der Waals surface area contributed by atoms with Gasteiger partial charge in [-0.2, -0.15) is 13.2 Å². The maximum absolute atomic E-state index is 13.6. The van der Waals surface area contributed by atoms with E-state index in [1.165, 1.54) is 0 Å². The van der Waals surface area contributed by atoms with Crippen LogP contribution in [0.4, 0.5) is 24.8 Å². The number of benzene rings is 1. The number of aromatic nitrogens is 2. The third kappa shape index (κ3) is 6.34. The van der Waals surface area contributed by atoms with Gasteiger partial charge in [-0.15, -0.1) is 0 Å². The summed E-state index contributed by atoms with van der Waals surface area (Å²) in [5.41, 5.74) is 6.49. The topological polar surface area (TPSA) is 87.4 Å². The number of nitrogens with zero attached hydrogens (tertiary/aromatic N) is 4. The molecule has 0 bridgehead atoms. The fraction of sp³-hybridized carbons (Fsp3) is 0.577. The summed E-state index contributed by atoms with van der Waals surface area (Å²) in [7, 11) is 3.91. The van der Waals surface area contributed by atoms with Crippen LogP contribution >= 0.6 is 0 Å². The molecule has 1 aliphatic carbocycles. The highest BCUT2D eigenvalue weighted by molar-refractivity contribution is 5.94. The Morgan fingerprint density at radius 2 is 1.81 bits per heavy atom. The van der Waals surface area contributed by atoms with E-state index in [1.807, 2.05) is 7.05 Å². The van der Waals surface area contributed by atoms with Crippen LogP contribution in [0, 0.1) is 5.92 Å². The van der Waals surface area contributed by atoms with Crippen LogP contribution < -0.4 is 11.1 Å². The molecule has 1 aromatic heterocycles. The summed E-state index contributed by atoms with van der Waals surface area (Å²) >= 11 is 0.